The molecule has 0 saturated heterocycles. The molecule has 0 heterocycles. The van der Waals surface area contributed by atoms with Gasteiger partial charge in [0, 0.05) is 22.1 Å². The fourth-order valence-electron chi connectivity index (χ4n) is 7.95. The van der Waals surface area contributed by atoms with Gasteiger partial charge in [-0.2, -0.15) is 0 Å². The molecule has 2 aromatic rings. The number of sulfonamides is 1. The van der Waals surface area contributed by atoms with E-state index in [2.05, 4.69) is 17.4 Å². The lowest BCUT2D eigenvalue weighted by Gasteiger charge is -2.57. The zero-order valence-electron chi connectivity index (χ0n) is 25.7. The van der Waals surface area contributed by atoms with Crippen LogP contribution < -0.4 is 9.62 Å². The lowest BCUT2D eigenvalue weighted by molar-refractivity contribution is -0.140. The van der Waals surface area contributed by atoms with Crippen molar-refractivity contribution in [3.05, 3.63) is 63.6 Å². The maximum absolute atomic E-state index is 13.9. The summed E-state index contributed by atoms with van der Waals surface area (Å²) in [6, 6.07) is 11.9. The van der Waals surface area contributed by atoms with Crippen molar-refractivity contribution < 1.29 is 18.0 Å². The van der Waals surface area contributed by atoms with Crippen LogP contribution in [0.1, 0.15) is 77.3 Å². The highest BCUT2D eigenvalue weighted by Crippen LogP contribution is 2.60. The van der Waals surface area contributed by atoms with E-state index in [-0.39, 0.29) is 17.9 Å². The number of nitrogens with one attached hydrogen (secondary N) is 1. The number of hydrogen-bond donors (Lipinski definition) is 1. The second-order valence-corrected chi connectivity index (χ2v) is 16.9. The number of anilines is 1. The molecular formula is C33H43Cl2N3O4S. The summed E-state index contributed by atoms with van der Waals surface area (Å²) in [5.74, 6) is 1.53. The van der Waals surface area contributed by atoms with Crippen LogP contribution in [0.25, 0.3) is 0 Å². The summed E-state index contributed by atoms with van der Waals surface area (Å²) >= 11 is 12.5. The molecule has 1 atom stereocenters. The van der Waals surface area contributed by atoms with Crippen molar-refractivity contribution in [1.82, 2.24) is 10.2 Å². The number of amides is 2. The standard InChI is InChI=1S/C33H43Cl2N3O4S/c1-21(31(40)36-32(2,3)4)37(19-25-6-9-27(34)15-29(25)35)30(39)20-38(43(5,41)42)28-10-7-26(8-11-28)33-16-22-12-23(17-33)14-24(13-22)18-33/h6-11,15,21-24H,12-14,16-20H2,1-5H3,(H,36,40). The minimum absolute atomic E-state index is 0.0100. The molecule has 2 aromatic carbocycles. The molecule has 4 fully saturated rings. The highest BCUT2D eigenvalue weighted by Gasteiger charge is 2.51. The molecular weight excluding hydrogens is 605 g/mol. The second-order valence-electron chi connectivity index (χ2n) is 14.2. The molecule has 10 heteroatoms. The highest BCUT2D eigenvalue weighted by atomic mass is 35.5. The van der Waals surface area contributed by atoms with E-state index in [1.807, 2.05) is 32.9 Å². The summed E-state index contributed by atoms with van der Waals surface area (Å²) in [6.07, 6.45) is 8.79. The van der Waals surface area contributed by atoms with Crippen LogP contribution in [-0.2, 0) is 31.6 Å². The maximum Gasteiger partial charge on any atom is 0.244 e. The van der Waals surface area contributed by atoms with E-state index >= 15 is 0 Å². The number of hydrogen-bond acceptors (Lipinski definition) is 4. The van der Waals surface area contributed by atoms with Gasteiger partial charge < -0.3 is 10.2 Å². The SMILES string of the molecule is CC(C(=O)NC(C)(C)C)N(Cc1ccc(Cl)cc1Cl)C(=O)CN(c1ccc(C23CC4CC(CC(C4)C2)C3)cc1)S(C)(=O)=O. The molecule has 234 valence electrons. The second kappa shape index (κ2) is 11.9. The number of halogens is 2. The molecule has 6 rings (SSSR count). The number of benzene rings is 2. The van der Waals surface area contributed by atoms with Crippen molar-refractivity contribution in [2.24, 2.45) is 17.8 Å². The Morgan fingerprint density at radius 3 is 2.02 bits per heavy atom. The molecule has 2 amide bonds. The Balaban J connectivity index is 1.40. The molecule has 0 spiro atoms. The van der Waals surface area contributed by atoms with E-state index in [0.717, 1.165) is 28.3 Å². The minimum Gasteiger partial charge on any atom is -0.350 e. The van der Waals surface area contributed by atoms with Crippen LogP contribution in [0.5, 0.6) is 0 Å². The van der Waals surface area contributed by atoms with Gasteiger partial charge in [-0.25, -0.2) is 8.42 Å². The van der Waals surface area contributed by atoms with Crippen LogP contribution in [0.2, 0.25) is 10.0 Å². The van der Waals surface area contributed by atoms with Gasteiger partial charge in [-0.1, -0.05) is 41.4 Å². The largest absolute Gasteiger partial charge is 0.350 e. The molecule has 4 bridgehead atoms. The quantitative estimate of drug-likeness (QED) is 0.334. The first-order valence-corrected chi connectivity index (χ1v) is 17.8. The van der Waals surface area contributed by atoms with Crippen LogP contribution in [0.4, 0.5) is 5.69 Å². The summed E-state index contributed by atoms with van der Waals surface area (Å²) in [5, 5.41) is 3.73. The summed E-state index contributed by atoms with van der Waals surface area (Å²) in [5.41, 5.74) is 1.97. The van der Waals surface area contributed by atoms with E-state index in [0.29, 0.717) is 21.3 Å². The molecule has 43 heavy (non-hydrogen) atoms. The molecule has 0 aromatic heterocycles. The van der Waals surface area contributed by atoms with Crippen LogP contribution >= 0.6 is 23.2 Å². The molecule has 4 aliphatic carbocycles. The van der Waals surface area contributed by atoms with Crippen LogP contribution in [0.15, 0.2) is 42.5 Å². The molecule has 1 unspecified atom stereocenters. The van der Waals surface area contributed by atoms with Gasteiger partial charge in [0.15, 0.2) is 0 Å². The predicted octanol–water partition coefficient (Wildman–Crippen LogP) is 6.56. The van der Waals surface area contributed by atoms with Gasteiger partial charge in [0.2, 0.25) is 21.8 Å². The van der Waals surface area contributed by atoms with Gasteiger partial charge in [0.25, 0.3) is 0 Å². The van der Waals surface area contributed by atoms with Crippen molar-refractivity contribution >= 4 is 50.7 Å². The van der Waals surface area contributed by atoms with Crippen LogP contribution in [0.3, 0.4) is 0 Å². The first-order chi connectivity index (χ1) is 20.0. The van der Waals surface area contributed by atoms with Gasteiger partial charge in [0.1, 0.15) is 12.6 Å². The van der Waals surface area contributed by atoms with Crippen molar-refractivity contribution in [1.29, 1.82) is 0 Å². The Kier molecular flexibility index (Phi) is 8.89. The fourth-order valence-corrected chi connectivity index (χ4v) is 9.27. The highest BCUT2D eigenvalue weighted by molar-refractivity contribution is 7.92. The Hall–Kier alpha value is -2.29. The first-order valence-electron chi connectivity index (χ1n) is 15.2. The molecule has 1 N–H and O–H groups in total. The summed E-state index contributed by atoms with van der Waals surface area (Å²) in [4.78, 5) is 28.5. The number of carbonyl (C=O) groups is 2. The third-order valence-corrected chi connectivity index (χ3v) is 11.2. The Labute approximate surface area is 266 Å². The Morgan fingerprint density at radius 1 is 0.977 bits per heavy atom. The first kappa shape index (κ1) is 32.1. The topological polar surface area (TPSA) is 86.8 Å². The molecule has 4 aliphatic rings. The Bertz CT molecular complexity index is 1450. The molecule has 4 saturated carbocycles. The van der Waals surface area contributed by atoms with Gasteiger partial charge in [-0.05, 0) is 125 Å². The van der Waals surface area contributed by atoms with E-state index in [1.165, 1.54) is 49.0 Å². The normalized spacial score (nSPS) is 25.3. The third-order valence-electron chi connectivity index (χ3n) is 9.51. The van der Waals surface area contributed by atoms with E-state index < -0.39 is 34.1 Å². The van der Waals surface area contributed by atoms with Crippen molar-refractivity contribution in [3.63, 3.8) is 0 Å². The van der Waals surface area contributed by atoms with Gasteiger partial charge in [-0.3, -0.25) is 13.9 Å². The predicted molar refractivity (Wildman–Crippen MR) is 173 cm³/mol. The fraction of sp³-hybridized carbons (Fsp3) is 0.576. The van der Waals surface area contributed by atoms with Crippen molar-refractivity contribution in [3.8, 4) is 0 Å². The Morgan fingerprint density at radius 2 is 1.53 bits per heavy atom. The van der Waals surface area contributed by atoms with Crippen LogP contribution in [-0.4, -0.2) is 49.5 Å². The minimum atomic E-state index is -3.82. The van der Waals surface area contributed by atoms with Gasteiger partial charge in [-0.15, -0.1) is 0 Å². The summed E-state index contributed by atoms with van der Waals surface area (Å²) in [6.45, 7) is 6.77. The van der Waals surface area contributed by atoms with Crippen molar-refractivity contribution in [2.75, 3.05) is 17.1 Å². The lowest BCUT2D eigenvalue weighted by atomic mass is 9.48. The smallest absolute Gasteiger partial charge is 0.244 e. The van der Waals surface area contributed by atoms with E-state index in [1.54, 1.807) is 25.1 Å². The van der Waals surface area contributed by atoms with Gasteiger partial charge >= 0.3 is 0 Å². The van der Waals surface area contributed by atoms with Crippen molar-refractivity contribution in [2.45, 2.75) is 89.8 Å². The monoisotopic (exact) mass is 647 g/mol. The molecule has 7 nitrogen and oxygen atoms in total. The average Bonchev–Trinajstić information content (AvgIpc) is 2.88. The van der Waals surface area contributed by atoms with E-state index in [4.69, 9.17) is 23.2 Å². The van der Waals surface area contributed by atoms with Gasteiger partial charge in [0.05, 0.1) is 11.9 Å². The zero-order valence-corrected chi connectivity index (χ0v) is 28.0. The molecule has 0 radical (unpaired) electrons. The zero-order chi connectivity index (χ0) is 31.3. The lowest BCUT2D eigenvalue weighted by Crippen LogP contribution is -2.54. The molecule has 0 aliphatic heterocycles. The number of nitrogens with zero attached hydrogens (tertiary/aromatic N) is 2. The third kappa shape index (κ3) is 7.18. The number of carbonyl (C=O) groups excluding carboxylic acids is 2. The maximum atomic E-state index is 13.9. The summed E-state index contributed by atoms with van der Waals surface area (Å²) < 4.78 is 27.3. The number of rotatable bonds is 9. The average molecular weight is 649 g/mol. The van der Waals surface area contributed by atoms with E-state index in [9.17, 15) is 18.0 Å². The summed E-state index contributed by atoms with van der Waals surface area (Å²) in [7, 11) is -3.82. The van der Waals surface area contributed by atoms with Crippen LogP contribution in [0, 0.1) is 17.8 Å².